The third-order valence-corrected chi connectivity index (χ3v) is 4.43. The molecule has 0 radical (unpaired) electrons. The van der Waals surface area contributed by atoms with Gasteiger partial charge in [-0.25, -0.2) is 4.79 Å². The second kappa shape index (κ2) is 7.64. The van der Waals surface area contributed by atoms with Gasteiger partial charge in [-0.1, -0.05) is 6.92 Å². The third-order valence-electron chi connectivity index (χ3n) is 4.43. The van der Waals surface area contributed by atoms with Crippen molar-refractivity contribution < 1.29 is 9.59 Å². The molecule has 6 heteroatoms. The number of amides is 3. The van der Waals surface area contributed by atoms with Crippen molar-refractivity contribution in [1.82, 2.24) is 15.1 Å². The lowest BCUT2D eigenvalue weighted by atomic mass is 9.97. The Morgan fingerprint density at radius 1 is 1.14 bits per heavy atom. The number of carbonyl (C=O) groups is 2. The highest BCUT2D eigenvalue weighted by atomic mass is 16.2. The molecule has 0 aromatic heterocycles. The van der Waals surface area contributed by atoms with Crippen LogP contribution >= 0.6 is 0 Å². The highest BCUT2D eigenvalue weighted by molar-refractivity contribution is 5.80. The molecule has 0 spiro atoms. The molecule has 0 saturated carbocycles. The Balaban J connectivity index is 1.87. The summed E-state index contributed by atoms with van der Waals surface area (Å²) in [5.41, 5.74) is 5.41. The number of carbonyl (C=O) groups excluding carboxylic acids is 2. The second-order valence-corrected chi connectivity index (χ2v) is 6.34. The SMILES string of the molecule is CC1CCCN(C(=O)N2CCCC(C(=O)NCCN)C2)C1. The average Bonchev–Trinajstić information content (AvgIpc) is 2.52. The van der Waals surface area contributed by atoms with Gasteiger partial charge in [-0.05, 0) is 31.6 Å². The first-order valence-electron chi connectivity index (χ1n) is 8.13. The van der Waals surface area contributed by atoms with Crippen LogP contribution in [0.1, 0.15) is 32.6 Å². The molecule has 6 nitrogen and oxygen atoms in total. The Bertz CT molecular complexity index is 375. The van der Waals surface area contributed by atoms with Crippen molar-refractivity contribution in [1.29, 1.82) is 0 Å². The van der Waals surface area contributed by atoms with Crippen LogP contribution in [0.4, 0.5) is 4.79 Å². The van der Waals surface area contributed by atoms with Gasteiger partial charge in [-0.2, -0.15) is 0 Å². The van der Waals surface area contributed by atoms with Crippen LogP contribution in [0.25, 0.3) is 0 Å². The van der Waals surface area contributed by atoms with E-state index >= 15 is 0 Å². The Morgan fingerprint density at radius 3 is 2.48 bits per heavy atom. The first-order valence-corrected chi connectivity index (χ1v) is 8.13. The molecule has 0 aliphatic carbocycles. The van der Waals surface area contributed by atoms with Gasteiger partial charge in [0.1, 0.15) is 0 Å². The van der Waals surface area contributed by atoms with Gasteiger partial charge >= 0.3 is 6.03 Å². The summed E-state index contributed by atoms with van der Waals surface area (Å²) in [6.45, 7) is 6.16. The largest absolute Gasteiger partial charge is 0.355 e. The van der Waals surface area contributed by atoms with E-state index in [2.05, 4.69) is 12.2 Å². The molecule has 21 heavy (non-hydrogen) atoms. The van der Waals surface area contributed by atoms with Crippen LogP contribution in [-0.2, 0) is 4.79 Å². The first-order chi connectivity index (χ1) is 10.1. The highest BCUT2D eigenvalue weighted by Crippen LogP contribution is 2.21. The summed E-state index contributed by atoms with van der Waals surface area (Å²) in [5, 5.41) is 2.83. The molecule has 2 unspecified atom stereocenters. The second-order valence-electron chi connectivity index (χ2n) is 6.34. The highest BCUT2D eigenvalue weighted by Gasteiger charge is 2.31. The van der Waals surface area contributed by atoms with Crippen molar-refractivity contribution in [3.8, 4) is 0 Å². The molecule has 2 rings (SSSR count). The molecule has 3 N–H and O–H groups in total. The minimum Gasteiger partial charge on any atom is -0.355 e. The van der Waals surface area contributed by atoms with Crippen LogP contribution < -0.4 is 11.1 Å². The van der Waals surface area contributed by atoms with E-state index < -0.39 is 0 Å². The van der Waals surface area contributed by atoms with E-state index in [0.29, 0.717) is 25.6 Å². The molecule has 0 aromatic carbocycles. The quantitative estimate of drug-likeness (QED) is 0.801. The lowest BCUT2D eigenvalue weighted by molar-refractivity contribution is -0.126. The van der Waals surface area contributed by atoms with E-state index in [0.717, 1.165) is 38.9 Å². The molecule has 3 amide bonds. The molecule has 0 bridgehead atoms. The van der Waals surface area contributed by atoms with Gasteiger partial charge in [0.25, 0.3) is 0 Å². The van der Waals surface area contributed by atoms with Crippen LogP contribution in [0.5, 0.6) is 0 Å². The fraction of sp³-hybridized carbons (Fsp3) is 0.867. The number of piperidine rings is 2. The predicted molar refractivity (Wildman–Crippen MR) is 81.7 cm³/mol. The third kappa shape index (κ3) is 4.33. The average molecular weight is 296 g/mol. The van der Waals surface area contributed by atoms with Gasteiger partial charge in [-0.3, -0.25) is 4.79 Å². The smallest absolute Gasteiger partial charge is 0.320 e. The lowest BCUT2D eigenvalue weighted by Gasteiger charge is -2.38. The van der Waals surface area contributed by atoms with Gasteiger partial charge in [0.15, 0.2) is 0 Å². The number of nitrogens with one attached hydrogen (secondary N) is 1. The van der Waals surface area contributed by atoms with Crippen molar-refractivity contribution in [3.63, 3.8) is 0 Å². The van der Waals surface area contributed by atoms with Crippen LogP contribution in [0.3, 0.4) is 0 Å². The summed E-state index contributed by atoms with van der Waals surface area (Å²) in [7, 11) is 0. The number of hydrogen-bond acceptors (Lipinski definition) is 3. The fourth-order valence-corrected chi connectivity index (χ4v) is 3.27. The molecule has 2 aliphatic heterocycles. The maximum absolute atomic E-state index is 12.6. The van der Waals surface area contributed by atoms with E-state index in [-0.39, 0.29) is 17.9 Å². The summed E-state index contributed by atoms with van der Waals surface area (Å²) in [5.74, 6) is 0.526. The van der Waals surface area contributed by atoms with Crippen LogP contribution in [0, 0.1) is 11.8 Å². The Labute approximate surface area is 127 Å². The summed E-state index contributed by atoms with van der Waals surface area (Å²) in [6.07, 6.45) is 4.04. The van der Waals surface area contributed by atoms with Crippen LogP contribution in [-0.4, -0.2) is 61.0 Å². The Morgan fingerprint density at radius 2 is 1.81 bits per heavy atom. The molecule has 0 aromatic rings. The van der Waals surface area contributed by atoms with Gasteiger partial charge in [0, 0.05) is 39.3 Å². The number of nitrogens with zero attached hydrogens (tertiary/aromatic N) is 2. The Kier molecular flexibility index (Phi) is 5.85. The molecule has 120 valence electrons. The zero-order valence-electron chi connectivity index (χ0n) is 13.0. The summed E-state index contributed by atoms with van der Waals surface area (Å²) >= 11 is 0. The number of likely N-dealkylation sites (tertiary alicyclic amines) is 2. The molecule has 2 heterocycles. The van der Waals surface area contributed by atoms with E-state index in [4.69, 9.17) is 5.73 Å². The normalized spacial score (nSPS) is 26.6. The zero-order chi connectivity index (χ0) is 15.2. The fourth-order valence-electron chi connectivity index (χ4n) is 3.27. The van der Waals surface area contributed by atoms with Gasteiger partial charge < -0.3 is 20.9 Å². The molecule has 2 fully saturated rings. The van der Waals surface area contributed by atoms with Crippen molar-refractivity contribution in [2.45, 2.75) is 32.6 Å². The number of urea groups is 1. The first kappa shape index (κ1) is 16.1. The minimum absolute atomic E-state index is 0.0324. The predicted octanol–water partition coefficient (Wildman–Crippen LogP) is 0.625. The maximum Gasteiger partial charge on any atom is 0.320 e. The van der Waals surface area contributed by atoms with Crippen LogP contribution in [0.2, 0.25) is 0 Å². The Hall–Kier alpha value is -1.30. The number of rotatable bonds is 3. The summed E-state index contributed by atoms with van der Waals surface area (Å²) in [4.78, 5) is 28.4. The monoisotopic (exact) mass is 296 g/mol. The summed E-state index contributed by atoms with van der Waals surface area (Å²) < 4.78 is 0. The molecular formula is C15H28N4O2. The van der Waals surface area contributed by atoms with Crippen molar-refractivity contribution >= 4 is 11.9 Å². The zero-order valence-corrected chi connectivity index (χ0v) is 13.0. The molecule has 2 atom stereocenters. The molecule has 2 saturated heterocycles. The van der Waals surface area contributed by atoms with E-state index in [9.17, 15) is 9.59 Å². The standard InChI is InChI=1S/C15H28N4O2/c1-12-4-2-8-18(10-12)15(21)19-9-3-5-13(11-19)14(20)17-7-6-16/h12-13H,2-11,16H2,1H3,(H,17,20). The van der Waals surface area contributed by atoms with Crippen molar-refractivity contribution in [2.75, 3.05) is 39.3 Å². The van der Waals surface area contributed by atoms with Crippen molar-refractivity contribution in [3.05, 3.63) is 0 Å². The van der Waals surface area contributed by atoms with Crippen LogP contribution in [0.15, 0.2) is 0 Å². The van der Waals surface area contributed by atoms with Gasteiger partial charge in [0.2, 0.25) is 5.91 Å². The maximum atomic E-state index is 12.6. The lowest BCUT2D eigenvalue weighted by Crippen LogP contribution is -2.52. The molecule has 2 aliphatic rings. The number of nitrogens with two attached hydrogens (primary N) is 1. The van der Waals surface area contributed by atoms with Crippen molar-refractivity contribution in [2.24, 2.45) is 17.6 Å². The van der Waals surface area contributed by atoms with Gasteiger partial charge in [0.05, 0.1) is 5.92 Å². The minimum atomic E-state index is -0.0866. The number of hydrogen-bond donors (Lipinski definition) is 2. The topological polar surface area (TPSA) is 78.7 Å². The van der Waals surface area contributed by atoms with E-state index in [1.807, 2.05) is 9.80 Å². The van der Waals surface area contributed by atoms with E-state index in [1.165, 1.54) is 6.42 Å². The summed E-state index contributed by atoms with van der Waals surface area (Å²) in [6, 6.07) is 0.109. The van der Waals surface area contributed by atoms with E-state index in [1.54, 1.807) is 0 Å². The molecular weight excluding hydrogens is 268 g/mol. The van der Waals surface area contributed by atoms with Gasteiger partial charge in [-0.15, -0.1) is 0 Å².